The predicted molar refractivity (Wildman–Crippen MR) is 79.8 cm³/mol. The smallest absolute Gasteiger partial charge is 0.376 e. The van der Waals surface area contributed by atoms with Gasteiger partial charge in [0.15, 0.2) is 5.60 Å². The number of amides is 2. The number of alkyl halides is 3. The van der Waals surface area contributed by atoms with Crippen LogP contribution >= 0.6 is 0 Å². The molecule has 0 aromatic heterocycles. The van der Waals surface area contributed by atoms with E-state index in [4.69, 9.17) is 0 Å². The molecule has 1 saturated heterocycles. The summed E-state index contributed by atoms with van der Waals surface area (Å²) in [6.45, 7) is 2.33. The van der Waals surface area contributed by atoms with Crippen molar-refractivity contribution in [2.75, 3.05) is 19.6 Å². The molecular weight excluding hydrogens is 325 g/mol. The fourth-order valence-corrected chi connectivity index (χ4v) is 2.58. The zero-order valence-electron chi connectivity index (χ0n) is 13.1. The van der Waals surface area contributed by atoms with Gasteiger partial charge in [-0.25, -0.2) is 0 Å². The van der Waals surface area contributed by atoms with E-state index in [0.29, 0.717) is 6.54 Å². The number of likely N-dealkylation sites (tertiary alicyclic amines) is 1. The van der Waals surface area contributed by atoms with Crippen molar-refractivity contribution >= 4 is 11.8 Å². The second kappa shape index (κ2) is 6.80. The van der Waals surface area contributed by atoms with Crippen molar-refractivity contribution in [2.45, 2.75) is 25.1 Å². The third-order valence-electron chi connectivity index (χ3n) is 4.08. The molecule has 0 saturated carbocycles. The first kappa shape index (κ1) is 18.3. The van der Waals surface area contributed by atoms with E-state index in [1.165, 1.54) is 18.2 Å². The van der Waals surface area contributed by atoms with Crippen molar-refractivity contribution in [3.05, 3.63) is 35.9 Å². The Balaban J connectivity index is 2.07. The number of carbonyl (C=O) groups is 2. The van der Waals surface area contributed by atoms with Crippen LogP contribution in [0.15, 0.2) is 30.3 Å². The maximum Gasteiger partial charge on any atom is 0.421 e. The van der Waals surface area contributed by atoms with E-state index in [2.05, 4.69) is 5.32 Å². The molecule has 5 nitrogen and oxygen atoms in total. The minimum atomic E-state index is -4.99. The van der Waals surface area contributed by atoms with Gasteiger partial charge in [-0.1, -0.05) is 30.3 Å². The summed E-state index contributed by atoms with van der Waals surface area (Å²) in [6.07, 6.45) is -6.10. The Labute approximate surface area is 137 Å². The van der Waals surface area contributed by atoms with E-state index in [1.54, 1.807) is 6.92 Å². The molecular formula is C16H19F3N2O3. The van der Waals surface area contributed by atoms with Crippen molar-refractivity contribution in [3.63, 3.8) is 0 Å². The molecule has 132 valence electrons. The molecule has 1 fully saturated rings. The van der Waals surface area contributed by atoms with Gasteiger partial charge in [0, 0.05) is 19.6 Å². The molecule has 0 unspecified atom stereocenters. The van der Waals surface area contributed by atoms with Gasteiger partial charge in [0.1, 0.15) is 0 Å². The fraction of sp³-hybridized carbons (Fsp3) is 0.500. The van der Waals surface area contributed by atoms with Crippen LogP contribution in [-0.2, 0) is 15.2 Å². The van der Waals surface area contributed by atoms with E-state index < -0.39 is 30.0 Å². The third-order valence-corrected chi connectivity index (χ3v) is 4.08. The van der Waals surface area contributed by atoms with Crippen LogP contribution in [0.1, 0.15) is 18.9 Å². The third kappa shape index (κ3) is 3.53. The van der Waals surface area contributed by atoms with E-state index >= 15 is 0 Å². The largest absolute Gasteiger partial charge is 0.421 e. The summed E-state index contributed by atoms with van der Waals surface area (Å²) in [6, 6.07) is 6.52. The maximum atomic E-state index is 13.4. The minimum absolute atomic E-state index is 0.0629. The van der Waals surface area contributed by atoms with Crippen LogP contribution in [0.5, 0.6) is 0 Å². The van der Waals surface area contributed by atoms with Gasteiger partial charge >= 0.3 is 6.18 Å². The number of carbonyl (C=O) groups excluding carboxylic acids is 2. The van der Waals surface area contributed by atoms with Crippen LogP contribution in [0, 0.1) is 5.92 Å². The van der Waals surface area contributed by atoms with E-state index in [9.17, 15) is 27.9 Å². The van der Waals surface area contributed by atoms with Gasteiger partial charge in [-0.15, -0.1) is 0 Å². The summed E-state index contributed by atoms with van der Waals surface area (Å²) >= 11 is 0. The Morgan fingerprint density at radius 1 is 1.25 bits per heavy atom. The van der Waals surface area contributed by atoms with Crippen molar-refractivity contribution in [3.8, 4) is 0 Å². The number of halogens is 3. The van der Waals surface area contributed by atoms with Crippen molar-refractivity contribution in [2.24, 2.45) is 5.92 Å². The SMILES string of the molecule is CCNC(=O)C1CN(C(=O)C[C@](O)(c2ccccc2)C(F)(F)F)C1. The Bertz CT molecular complexity index is 600. The number of hydrogen-bond acceptors (Lipinski definition) is 3. The molecule has 1 heterocycles. The van der Waals surface area contributed by atoms with E-state index in [-0.39, 0.29) is 24.6 Å². The molecule has 2 rings (SSSR count). The van der Waals surface area contributed by atoms with Crippen LogP contribution in [-0.4, -0.2) is 47.6 Å². The topological polar surface area (TPSA) is 69.6 Å². The monoisotopic (exact) mass is 344 g/mol. The fourth-order valence-electron chi connectivity index (χ4n) is 2.58. The van der Waals surface area contributed by atoms with E-state index in [1.807, 2.05) is 0 Å². The zero-order valence-corrected chi connectivity index (χ0v) is 13.1. The number of benzene rings is 1. The van der Waals surface area contributed by atoms with Gasteiger partial charge in [-0.2, -0.15) is 13.2 Å². The first-order valence-corrected chi connectivity index (χ1v) is 7.59. The minimum Gasteiger partial charge on any atom is -0.376 e. The summed E-state index contributed by atoms with van der Waals surface area (Å²) in [7, 11) is 0. The second-order valence-corrected chi connectivity index (χ2v) is 5.79. The zero-order chi connectivity index (χ0) is 18.0. The van der Waals surface area contributed by atoms with Crippen LogP contribution < -0.4 is 5.32 Å². The molecule has 1 aliphatic heterocycles. The average Bonchev–Trinajstić information content (AvgIpc) is 2.45. The summed E-state index contributed by atoms with van der Waals surface area (Å²) in [5, 5.41) is 12.8. The van der Waals surface area contributed by atoms with Crippen molar-refractivity contribution in [1.82, 2.24) is 10.2 Å². The summed E-state index contributed by atoms with van der Waals surface area (Å²) in [4.78, 5) is 24.9. The number of aliphatic hydroxyl groups is 1. The maximum absolute atomic E-state index is 13.4. The highest BCUT2D eigenvalue weighted by molar-refractivity contribution is 5.85. The summed E-state index contributed by atoms with van der Waals surface area (Å²) < 4.78 is 40.1. The number of nitrogens with one attached hydrogen (secondary N) is 1. The highest BCUT2D eigenvalue weighted by Gasteiger charge is 2.56. The normalized spacial score (nSPS) is 17.8. The van der Waals surface area contributed by atoms with Crippen LogP contribution in [0.25, 0.3) is 0 Å². The molecule has 0 bridgehead atoms. The van der Waals surface area contributed by atoms with Crippen molar-refractivity contribution in [1.29, 1.82) is 0 Å². The first-order chi connectivity index (χ1) is 11.2. The van der Waals surface area contributed by atoms with E-state index in [0.717, 1.165) is 17.0 Å². The number of hydrogen-bond donors (Lipinski definition) is 2. The molecule has 2 N–H and O–H groups in total. The van der Waals surface area contributed by atoms with Crippen molar-refractivity contribution < 1.29 is 27.9 Å². The number of nitrogens with zero attached hydrogens (tertiary/aromatic N) is 1. The summed E-state index contributed by atoms with van der Waals surface area (Å²) in [5.74, 6) is -1.47. The molecule has 8 heteroatoms. The Morgan fingerprint density at radius 3 is 2.33 bits per heavy atom. The summed E-state index contributed by atoms with van der Waals surface area (Å²) in [5.41, 5.74) is -3.63. The molecule has 24 heavy (non-hydrogen) atoms. The molecule has 0 aliphatic carbocycles. The highest BCUT2D eigenvalue weighted by Crippen LogP contribution is 2.42. The van der Waals surface area contributed by atoms with Gasteiger partial charge in [0.05, 0.1) is 12.3 Å². The van der Waals surface area contributed by atoms with Crippen LogP contribution in [0.4, 0.5) is 13.2 Å². The molecule has 1 aromatic carbocycles. The Morgan fingerprint density at radius 2 is 1.83 bits per heavy atom. The highest BCUT2D eigenvalue weighted by atomic mass is 19.4. The lowest BCUT2D eigenvalue weighted by atomic mass is 9.88. The molecule has 0 spiro atoms. The first-order valence-electron chi connectivity index (χ1n) is 7.59. The van der Waals surface area contributed by atoms with Crippen LogP contribution in [0.2, 0.25) is 0 Å². The molecule has 2 amide bonds. The lowest BCUT2D eigenvalue weighted by Gasteiger charge is -2.40. The van der Waals surface area contributed by atoms with Gasteiger partial charge in [-0.3, -0.25) is 9.59 Å². The lowest BCUT2D eigenvalue weighted by molar-refractivity contribution is -0.268. The Hall–Kier alpha value is -2.09. The lowest BCUT2D eigenvalue weighted by Crippen LogP contribution is -2.57. The average molecular weight is 344 g/mol. The molecule has 1 aliphatic rings. The predicted octanol–water partition coefficient (Wildman–Crippen LogP) is 1.42. The van der Waals surface area contributed by atoms with Gasteiger partial charge in [0.2, 0.25) is 11.8 Å². The number of rotatable bonds is 5. The van der Waals surface area contributed by atoms with Crippen LogP contribution in [0.3, 0.4) is 0 Å². The quantitative estimate of drug-likeness (QED) is 0.849. The standard InChI is InChI=1S/C16H19F3N2O3/c1-2-20-14(23)11-9-21(10-11)13(22)8-15(24,16(17,18)19)12-6-4-3-5-7-12/h3-7,11,24H,2,8-10H2,1H3,(H,20,23)/t15-/m0/s1. The van der Waals surface area contributed by atoms with Gasteiger partial charge in [0.25, 0.3) is 0 Å². The molecule has 1 atom stereocenters. The molecule has 1 aromatic rings. The van der Waals surface area contributed by atoms with Gasteiger partial charge < -0.3 is 15.3 Å². The Kier molecular flexibility index (Phi) is 5.17. The second-order valence-electron chi connectivity index (χ2n) is 5.79. The van der Waals surface area contributed by atoms with Gasteiger partial charge in [-0.05, 0) is 12.5 Å². The molecule has 0 radical (unpaired) electrons.